The van der Waals surface area contributed by atoms with E-state index in [1.165, 1.54) is 44.9 Å². The molecule has 0 saturated heterocycles. The quantitative estimate of drug-likeness (QED) is 0.232. The van der Waals surface area contributed by atoms with Crippen molar-refractivity contribution in [2.45, 2.75) is 90.3 Å². The largest absolute Gasteiger partial charge is 0.353 e. The second-order valence-corrected chi connectivity index (χ2v) is 6.54. The minimum absolute atomic E-state index is 0.388. The molecule has 21 heavy (non-hydrogen) atoms. The molecule has 0 aromatic carbocycles. The highest BCUT2D eigenvalue weighted by Gasteiger charge is 2.37. The SMILES string of the molecule is CCCCCCCCC(CCCS)C(CCC)(OC)OC. The average Bonchev–Trinajstić information content (AvgIpc) is 2.51. The Morgan fingerprint density at radius 2 is 1.38 bits per heavy atom. The third-order valence-corrected chi connectivity index (χ3v) is 4.84. The molecule has 0 spiro atoms. The topological polar surface area (TPSA) is 18.5 Å². The van der Waals surface area contributed by atoms with E-state index >= 15 is 0 Å². The maximum atomic E-state index is 5.84. The molecule has 0 bridgehead atoms. The van der Waals surface area contributed by atoms with Gasteiger partial charge in [0.25, 0.3) is 0 Å². The van der Waals surface area contributed by atoms with Crippen molar-refractivity contribution in [2.24, 2.45) is 5.92 Å². The van der Waals surface area contributed by atoms with Crippen molar-refractivity contribution in [2.75, 3.05) is 20.0 Å². The second-order valence-electron chi connectivity index (χ2n) is 6.09. The summed E-state index contributed by atoms with van der Waals surface area (Å²) in [6, 6.07) is 0. The fraction of sp³-hybridized carbons (Fsp3) is 1.00. The molecule has 0 N–H and O–H groups in total. The lowest BCUT2D eigenvalue weighted by Gasteiger charge is -2.38. The highest BCUT2D eigenvalue weighted by atomic mass is 32.1. The standard InChI is InChI=1S/C18H38O2S/c1-5-7-8-9-10-11-13-17(14-12-16-21)18(19-3,20-4)15-6-2/h17,21H,5-16H2,1-4H3. The number of hydrogen-bond acceptors (Lipinski definition) is 3. The molecule has 0 aromatic heterocycles. The molecule has 1 atom stereocenters. The predicted octanol–water partition coefficient (Wildman–Crippen LogP) is 5.85. The third-order valence-electron chi connectivity index (χ3n) is 4.53. The van der Waals surface area contributed by atoms with Crippen molar-refractivity contribution in [1.82, 2.24) is 0 Å². The van der Waals surface area contributed by atoms with Crippen LogP contribution in [0.4, 0.5) is 0 Å². The molecule has 1 unspecified atom stereocenters. The van der Waals surface area contributed by atoms with Gasteiger partial charge in [0.05, 0.1) is 0 Å². The first kappa shape index (κ1) is 21.3. The maximum Gasteiger partial charge on any atom is 0.170 e. The van der Waals surface area contributed by atoms with Gasteiger partial charge in [-0.3, -0.25) is 0 Å². The van der Waals surface area contributed by atoms with E-state index in [4.69, 9.17) is 9.47 Å². The number of hydrogen-bond donors (Lipinski definition) is 1. The molecule has 0 rings (SSSR count). The van der Waals surface area contributed by atoms with Crippen LogP contribution in [0.25, 0.3) is 0 Å². The van der Waals surface area contributed by atoms with E-state index in [1.807, 2.05) is 0 Å². The van der Waals surface area contributed by atoms with Crippen LogP contribution < -0.4 is 0 Å². The van der Waals surface area contributed by atoms with E-state index in [0.717, 1.165) is 31.4 Å². The Labute approximate surface area is 138 Å². The first-order valence-electron chi connectivity index (χ1n) is 8.91. The molecule has 2 nitrogen and oxygen atoms in total. The summed E-state index contributed by atoms with van der Waals surface area (Å²) < 4.78 is 11.7. The van der Waals surface area contributed by atoms with Gasteiger partial charge >= 0.3 is 0 Å². The van der Waals surface area contributed by atoms with Crippen molar-refractivity contribution in [3.63, 3.8) is 0 Å². The summed E-state index contributed by atoms with van der Waals surface area (Å²) in [7, 11) is 3.60. The Balaban J connectivity index is 4.39. The van der Waals surface area contributed by atoms with E-state index in [9.17, 15) is 0 Å². The van der Waals surface area contributed by atoms with Gasteiger partial charge in [-0.1, -0.05) is 58.8 Å². The molecule has 0 aromatic rings. The van der Waals surface area contributed by atoms with Crippen LogP contribution in [0.1, 0.15) is 84.5 Å². The molecule has 0 saturated carbocycles. The highest BCUT2D eigenvalue weighted by molar-refractivity contribution is 7.80. The van der Waals surface area contributed by atoms with Crippen LogP contribution >= 0.6 is 12.6 Å². The summed E-state index contributed by atoms with van der Waals surface area (Å²) >= 11 is 4.37. The minimum Gasteiger partial charge on any atom is -0.353 e. The fourth-order valence-electron chi connectivity index (χ4n) is 3.27. The molecule has 0 aliphatic rings. The molecule has 0 amide bonds. The van der Waals surface area contributed by atoms with Crippen LogP contribution in [0.2, 0.25) is 0 Å². The van der Waals surface area contributed by atoms with Gasteiger partial charge in [-0.25, -0.2) is 0 Å². The first-order chi connectivity index (χ1) is 10.2. The monoisotopic (exact) mass is 318 g/mol. The van der Waals surface area contributed by atoms with Gasteiger partial charge in [-0.05, 0) is 25.0 Å². The van der Waals surface area contributed by atoms with Gasteiger partial charge in [0.2, 0.25) is 0 Å². The maximum absolute atomic E-state index is 5.84. The summed E-state index contributed by atoms with van der Waals surface area (Å²) in [5, 5.41) is 0. The molecule has 0 aliphatic carbocycles. The highest BCUT2D eigenvalue weighted by Crippen LogP contribution is 2.35. The fourth-order valence-corrected chi connectivity index (χ4v) is 3.45. The van der Waals surface area contributed by atoms with Crippen LogP contribution in [0.15, 0.2) is 0 Å². The van der Waals surface area contributed by atoms with Crippen LogP contribution in [0.3, 0.4) is 0 Å². The van der Waals surface area contributed by atoms with Crippen LogP contribution in [-0.2, 0) is 9.47 Å². The summed E-state index contributed by atoms with van der Waals surface area (Å²) in [5.41, 5.74) is 0. The molecule has 0 aliphatic heterocycles. The molecular weight excluding hydrogens is 280 g/mol. The number of thiol groups is 1. The summed E-state index contributed by atoms with van der Waals surface area (Å²) in [6.07, 6.45) is 13.6. The zero-order valence-corrected chi connectivity index (χ0v) is 15.7. The minimum atomic E-state index is -0.388. The van der Waals surface area contributed by atoms with Gasteiger partial charge in [0, 0.05) is 26.6 Å². The zero-order valence-electron chi connectivity index (χ0n) is 14.8. The number of rotatable bonds is 15. The third kappa shape index (κ3) is 8.47. The molecule has 3 heteroatoms. The zero-order chi connectivity index (χ0) is 16.0. The van der Waals surface area contributed by atoms with Crippen LogP contribution in [0.5, 0.6) is 0 Å². The predicted molar refractivity (Wildman–Crippen MR) is 96.2 cm³/mol. The van der Waals surface area contributed by atoms with Crippen molar-refractivity contribution in [3.8, 4) is 0 Å². The van der Waals surface area contributed by atoms with Crippen molar-refractivity contribution in [3.05, 3.63) is 0 Å². The van der Waals surface area contributed by atoms with Gasteiger partial charge in [0.15, 0.2) is 5.79 Å². The van der Waals surface area contributed by atoms with Crippen LogP contribution in [-0.4, -0.2) is 25.8 Å². The second kappa shape index (κ2) is 13.9. The lowest BCUT2D eigenvalue weighted by atomic mass is 9.85. The Hall–Kier alpha value is 0.270. The Bertz CT molecular complexity index is 217. The van der Waals surface area contributed by atoms with E-state index in [0.29, 0.717) is 5.92 Å². The number of unbranched alkanes of at least 4 members (excludes halogenated alkanes) is 5. The molecule has 0 heterocycles. The average molecular weight is 319 g/mol. The van der Waals surface area contributed by atoms with Gasteiger partial charge in [-0.2, -0.15) is 12.6 Å². The summed E-state index contributed by atoms with van der Waals surface area (Å²) in [5.74, 6) is 1.05. The summed E-state index contributed by atoms with van der Waals surface area (Å²) in [6.45, 7) is 4.47. The lowest BCUT2D eigenvalue weighted by Crippen LogP contribution is -2.42. The Morgan fingerprint density at radius 3 is 1.90 bits per heavy atom. The van der Waals surface area contributed by atoms with Crippen LogP contribution in [0, 0.1) is 5.92 Å². The van der Waals surface area contributed by atoms with Crippen molar-refractivity contribution in [1.29, 1.82) is 0 Å². The van der Waals surface area contributed by atoms with Gasteiger partial charge in [-0.15, -0.1) is 0 Å². The van der Waals surface area contributed by atoms with Crippen molar-refractivity contribution >= 4 is 12.6 Å². The van der Waals surface area contributed by atoms with Gasteiger partial charge < -0.3 is 9.47 Å². The van der Waals surface area contributed by atoms with E-state index in [1.54, 1.807) is 14.2 Å². The molecular formula is C18H38O2S. The molecule has 128 valence electrons. The first-order valence-corrected chi connectivity index (χ1v) is 9.55. The Kier molecular flexibility index (Phi) is 14.1. The lowest BCUT2D eigenvalue weighted by molar-refractivity contribution is -0.247. The number of methoxy groups -OCH3 is 2. The van der Waals surface area contributed by atoms with E-state index in [-0.39, 0.29) is 5.79 Å². The Morgan fingerprint density at radius 1 is 0.810 bits per heavy atom. The van der Waals surface area contributed by atoms with E-state index in [2.05, 4.69) is 26.5 Å². The smallest absolute Gasteiger partial charge is 0.170 e. The summed E-state index contributed by atoms with van der Waals surface area (Å²) in [4.78, 5) is 0. The van der Waals surface area contributed by atoms with Crippen molar-refractivity contribution < 1.29 is 9.47 Å². The number of ether oxygens (including phenoxy) is 2. The molecule has 0 fully saturated rings. The molecule has 0 radical (unpaired) electrons. The van der Waals surface area contributed by atoms with E-state index < -0.39 is 0 Å². The normalized spacial score (nSPS) is 13.6. The van der Waals surface area contributed by atoms with Gasteiger partial charge in [0.1, 0.15) is 0 Å².